The van der Waals surface area contributed by atoms with Crippen LogP contribution in [-0.4, -0.2) is 33.9 Å². The van der Waals surface area contributed by atoms with Crippen molar-refractivity contribution in [3.63, 3.8) is 0 Å². The van der Waals surface area contributed by atoms with E-state index in [2.05, 4.69) is 15.6 Å². The van der Waals surface area contributed by atoms with Crippen molar-refractivity contribution in [1.29, 1.82) is 0 Å². The number of imide groups is 1. The third-order valence-electron chi connectivity index (χ3n) is 5.74. The van der Waals surface area contributed by atoms with Crippen molar-refractivity contribution in [3.8, 4) is 0 Å². The first-order valence-corrected chi connectivity index (χ1v) is 10.7. The van der Waals surface area contributed by atoms with Crippen molar-refractivity contribution in [2.45, 2.75) is 20.0 Å². The van der Waals surface area contributed by atoms with E-state index in [1.165, 1.54) is 12.1 Å². The van der Waals surface area contributed by atoms with Crippen molar-refractivity contribution in [2.24, 2.45) is 0 Å². The number of halogens is 3. The first kappa shape index (κ1) is 25.2. The molecule has 0 saturated heterocycles. The van der Waals surface area contributed by atoms with Gasteiger partial charge in [0.15, 0.2) is 0 Å². The highest BCUT2D eigenvalue weighted by atomic mass is 19.4. The summed E-state index contributed by atoms with van der Waals surface area (Å²) in [7, 11) is 0. The van der Waals surface area contributed by atoms with Gasteiger partial charge in [0.25, 0.3) is 11.8 Å². The summed E-state index contributed by atoms with van der Waals surface area (Å²) in [5, 5.41) is 16.5. The molecular weight excluding hydrogens is 493 g/mol. The number of aromatic nitrogens is 1. The van der Waals surface area contributed by atoms with Gasteiger partial charge in [0.2, 0.25) is 0 Å². The van der Waals surface area contributed by atoms with E-state index in [9.17, 15) is 37.5 Å². The van der Waals surface area contributed by atoms with E-state index >= 15 is 0 Å². The van der Waals surface area contributed by atoms with Crippen LogP contribution in [0.3, 0.4) is 0 Å². The Hall–Kier alpha value is -4.87. The molecular formula is C25H19F3N4O5. The number of amides is 4. The van der Waals surface area contributed by atoms with Crippen LogP contribution in [0.15, 0.2) is 42.5 Å². The van der Waals surface area contributed by atoms with Crippen LogP contribution in [-0.2, 0) is 11.0 Å². The number of hydrogen-bond donors (Lipinski definition) is 5. The van der Waals surface area contributed by atoms with Crippen LogP contribution in [0.1, 0.15) is 48.8 Å². The third-order valence-corrected chi connectivity index (χ3v) is 5.74. The zero-order valence-corrected chi connectivity index (χ0v) is 19.3. The third kappa shape index (κ3) is 5.08. The van der Waals surface area contributed by atoms with Crippen LogP contribution in [0, 0.1) is 13.8 Å². The maximum Gasteiger partial charge on any atom is 0.416 e. The molecule has 0 atom stereocenters. The van der Waals surface area contributed by atoms with E-state index in [-0.39, 0.29) is 22.4 Å². The molecule has 0 aliphatic carbocycles. The number of fused-ring (bicyclic) bond motifs is 1. The Bertz CT molecular complexity index is 1490. The van der Waals surface area contributed by atoms with Gasteiger partial charge in [-0.15, -0.1) is 0 Å². The van der Waals surface area contributed by atoms with Crippen LogP contribution in [0.25, 0.3) is 11.6 Å². The smallest absolute Gasteiger partial charge is 0.416 e. The van der Waals surface area contributed by atoms with Crippen molar-refractivity contribution in [2.75, 3.05) is 10.6 Å². The summed E-state index contributed by atoms with van der Waals surface area (Å²) in [6, 6.07) is 6.97. The Morgan fingerprint density at radius 2 is 1.70 bits per heavy atom. The largest absolute Gasteiger partial charge is 0.478 e. The summed E-state index contributed by atoms with van der Waals surface area (Å²) in [6.07, 6.45) is -3.01. The van der Waals surface area contributed by atoms with Crippen molar-refractivity contribution in [3.05, 3.63) is 81.7 Å². The molecule has 37 heavy (non-hydrogen) atoms. The molecule has 1 aliphatic heterocycles. The molecule has 0 saturated carbocycles. The summed E-state index contributed by atoms with van der Waals surface area (Å²) >= 11 is 0. The van der Waals surface area contributed by atoms with Crippen molar-refractivity contribution in [1.82, 2.24) is 10.3 Å². The molecule has 1 aromatic heterocycles. The molecule has 2 heterocycles. The number of aryl methyl sites for hydroxylation is 1. The normalized spacial score (nSPS) is 13.8. The van der Waals surface area contributed by atoms with Crippen LogP contribution >= 0.6 is 0 Å². The maximum atomic E-state index is 12.7. The minimum atomic E-state index is -4.55. The Kier molecular flexibility index (Phi) is 6.34. The fourth-order valence-corrected chi connectivity index (χ4v) is 3.95. The van der Waals surface area contributed by atoms with E-state index in [0.717, 1.165) is 24.3 Å². The number of urea groups is 1. The topological polar surface area (TPSA) is 140 Å². The molecule has 0 fully saturated rings. The molecule has 5 N–H and O–H groups in total. The van der Waals surface area contributed by atoms with Gasteiger partial charge in [-0.2, -0.15) is 13.2 Å². The Morgan fingerprint density at radius 3 is 2.30 bits per heavy atom. The van der Waals surface area contributed by atoms with E-state index in [1.807, 2.05) is 5.32 Å². The van der Waals surface area contributed by atoms with Crippen molar-refractivity contribution >= 4 is 46.8 Å². The highest BCUT2D eigenvalue weighted by molar-refractivity contribution is 6.35. The maximum absolute atomic E-state index is 12.7. The lowest BCUT2D eigenvalue weighted by Gasteiger charge is -2.09. The number of rotatable bonds is 4. The highest BCUT2D eigenvalue weighted by Crippen LogP contribution is 2.36. The summed E-state index contributed by atoms with van der Waals surface area (Å²) in [4.78, 5) is 51.4. The molecule has 4 amide bonds. The fraction of sp³-hybridized carbons (Fsp3) is 0.120. The van der Waals surface area contributed by atoms with Gasteiger partial charge in [-0.1, -0.05) is 6.07 Å². The number of benzene rings is 2. The van der Waals surface area contributed by atoms with Crippen LogP contribution < -0.4 is 16.0 Å². The molecule has 4 rings (SSSR count). The predicted octanol–water partition coefficient (Wildman–Crippen LogP) is 4.80. The molecule has 0 spiro atoms. The first-order chi connectivity index (χ1) is 17.3. The number of carbonyl (C=O) groups excluding carboxylic acids is 3. The van der Waals surface area contributed by atoms with Gasteiger partial charge in [-0.3, -0.25) is 14.9 Å². The van der Waals surface area contributed by atoms with Crippen molar-refractivity contribution < 1.29 is 37.5 Å². The van der Waals surface area contributed by atoms with Gasteiger partial charge < -0.3 is 20.7 Å². The molecule has 0 unspecified atom stereocenters. The lowest BCUT2D eigenvalue weighted by atomic mass is 10.0. The molecule has 12 heteroatoms. The Balaban J connectivity index is 1.48. The number of hydrogen-bond acceptors (Lipinski definition) is 4. The lowest BCUT2D eigenvalue weighted by Crippen LogP contribution is -2.34. The average molecular weight is 512 g/mol. The number of anilines is 2. The van der Waals surface area contributed by atoms with E-state index in [4.69, 9.17) is 0 Å². The zero-order chi connectivity index (χ0) is 27.1. The molecule has 190 valence electrons. The minimum absolute atomic E-state index is 0.127. The second kappa shape index (κ2) is 9.30. The number of aromatic amines is 1. The van der Waals surface area contributed by atoms with Gasteiger partial charge in [0.05, 0.1) is 22.4 Å². The van der Waals surface area contributed by atoms with Crippen LogP contribution in [0.5, 0.6) is 0 Å². The average Bonchev–Trinajstić information content (AvgIpc) is 3.27. The fourth-order valence-electron chi connectivity index (χ4n) is 3.95. The molecule has 3 aromatic rings. The minimum Gasteiger partial charge on any atom is -0.478 e. The first-order valence-electron chi connectivity index (χ1n) is 10.7. The molecule has 0 radical (unpaired) electrons. The predicted molar refractivity (Wildman–Crippen MR) is 128 cm³/mol. The standard InChI is InChI=1S/C25H19F3N4O5/c1-11-18(29-12(2)20(11)23(35)36)10-17-16-8-7-15(9-19(16)31-22(17)34)30-24(37)32-21(33)13-3-5-14(6-4-13)25(26,27)28/h3-10,29H,1-2H3,(H,31,34)(H,35,36)(H2,30,32,33,37). The second-order valence-electron chi connectivity index (χ2n) is 8.22. The van der Waals surface area contributed by atoms with E-state index in [0.29, 0.717) is 28.2 Å². The Morgan fingerprint density at radius 1 is 1.03 bits per heavy atom. The quantitative estimate of drug-likeness (QED) is 0.320. The summed E-state index contributed by atoms with van der Waals surface area (Å²) in [5.41, 5.74) is 1.87. The number of carboxylic acids is 1. The Labute approximate surface area is 207 Å². The zero-order valence-electron chi connectivity index (χ0n) is 19.3. The number of nitrogens with one attached hydrogen (secondary N) is 4. The number of alkyl halides is 3. The number of aromatic carboxylic acids is 1. The highest BCUT2D eigenvalue weighted by Gasteiger charge is 2.30. The van der Waals surface area contributed by atoms with Gasteiger partial charge in [0.1, 0.15) is 0 Å². The van der Waals surface area contributed by atoms with E-state index < -0.39 is 35.6 Å². The van der Waals surface area contributed by atoms with Crippen LogP contribution in [0.4, 0.5) is 29.3 Å². The summed E-state index contributed by atoms with van der Waals surface area (Å²) in [5.74, 6) is -2.42. The monoisotopic (exact) mass is 512 g/mol. The van der Waals surface area contributed by atoms with Gasteiger partial charge in [0, 0.05) is 28.2 Å². The summed E-state index contributed by atoms with van der Waals surface area (Å²) < 4.78 is 38.0. The summed E-state index contributed by atoms with van der Waals surface area (Å²) in [6.45, 7) is 3.25. The molecule has 2 aromatic carbocycles. The van der Waals surface area contributed by atoms with Gasteiger partial charge in [-0.25, -0.2) is 9.59 Å². The number of H-pyrrole nitrogens is 1. The number of carbonyl (C=O) groups is 4. The second-order valence-corrected chi connectivity index (χ2v) is 8.22. The van der Waals surface area contributed by atoms with Crippen LogP contribution in [0.2, 0.25) is 0 Å². The SMILES string of the molecule is Cc1[nH]c(C=C2C(=O)Nc3cc(NC(=O)NC(=O)c4ccc(C(F)(F)F)cc4)ccc32)c(C)c1C(=O)O. The lowest BCUT2D eigenvalue weighted by molar-refractivity contribution is -0.137. The molecule has 9 nitrogen and oxygen atoms in total. The van der Waals surface area contributed by atoms with Gasteiger partial charge >= 0.3 is 18.2 Å². The molecule has 0 bridgehead atoms. The van der Waals surface area contributed by atoms with Gasteiger partial charge in [-0.05, 0) is 61.9 Å². The molecule has 1 aliphatic rings. The van der Waals surface area contributed by atoms with E-state index in [1.54, 1.807) is 26.0 Å². The number of carboxylic acid groups (broad SMARTS) is 1.